The van der Waals surface area contributed by atoms with Crippen molar-refractivity contribution in [1.29, 1.82) is 0 Å². The van der Waals surface area contributed by atoms with Crippen molar-refractivity contribution in [2.45, 2.75) is 31.1 Å². The highest BCUT2D eigenvalue weighted by molar-refractivity contribution is 5.95. The van der Waals surface area contributed by atoms with Crippen LogP contribution in [0.25, 0.3) is 0 Å². The number of primary amides is 1. The van der Waals surface area contributed by atoms with Crippen LogP contribution in [0.1, 0.15) is 22.3 Å². The molecule has 0 unspecified atom stereocenters. The van der Waals surface area contributed by atoms with Gasteiger partial charge in [-0.1, -0.05) is 30.3 Å². The highest BCUT2D eigenvalue weighted by Gasteiger charge is 2.44. The summed E-state index contributed by atoms with van der Waals surface area (Å²) in [6.45, 7) is 0.939. The number of benzene rings is 1. The molecule has 3 rings (SSSR count). The maximum absolute atomic E-state index is 11.2. The van der Waals surface area contributed by atoms with Crippen LogP contribution in [0.2, 0.25) is 0 Å². The Bertz CT molecular complexity index is 735. The Hall–Kier alpha value is -2.46. The summed E-state index contributed by atoms with van der Waals surface area (Å²) in [5.74, 6) is -0.785. The van der Waals surface area contributed by atoms with Crippen LogP contribution < -0.4 is 16.8 Å². The molecule has 0 spiro atoms. The molecule has 1 amide bonds. The molecular formula is C16H21N5O4. The van der Waals surface area contributed by atoms with Crippen molar-refractivity contribution < 1.29 is 19.7 Å². The third kappa shape index (κ3) is 3.49. The Kier molecular flexibility index (Phi) is 5.00. The van der Waals surface area contributed by atoms with Crippen molar-refractivity contribution in [3.8, 4) is 0 Å². The average molecular weight is 347 g/mol. The highest BCUT2D eigenvalue weighted by Crippen LogP contribution is 2.31. The van der Waals surface area contributed by atoms with E-state index in [1.54, 1.807) is 0 Å². The molecule has 1 saturated heterocycles. The van der Waals surface area contributed by atoms with Gasteiger partial charge in [-0.05, 0) is 5.56 Å². The first-order valence-corrected chi connectivity index (χ1v) is 7.87. The van der Waals surface area contributed by atoms with Crippen molar-refractivity contribution in [2.75, 3.05) is 12.3 Å². The number of anilines is 1. The van der Waals surface area contributed by atoms with Crippen molar-refractivity contribution in [3.05, 3.63) is 47.9 Å². The quantitative estimate of drug-likeness (QED) is 0.449. The Morgan fingerprint density at radius 3 is 2.64 bits per heavy atom. The first-order valence-electron chi connectivity index (χ1n) is 7.87. The maximum atomic E-state index is 11.2. The van der Waals surface area contributed by atoms with Crippen LogP contribution in [0.5, 0.6) is 0 Å². The fourth-order valence-corrected chi connectivity index (χ4v) is 2.85. The molecule has 134 valence electrons. The molecule has 9 nitrogen and oxygen atoms in total. The molecule has 1 aliphatic heterocycles. The van der Waals surface area contributed by atoms with Gasteiger partial charge in [0.2, 0.25) is 0 Å². The minimum Gasteiger partial charge on any atom is -0.387 e. The number of imidazole rings is 1. The van der Waals surface area contributed by atoms with E-state index in [1.165, 1.54) is 10.9 Å². The van der Waals surface area contributed by atoms with Gasteiger partial charge in [0, 0.05) is 13.1 Å². The van der Waals surface area contributed by atoms with Gasteiger partial charge in [0.1, 0.15) is 24.1 Å². The van der Waals surface area contributed by atoms with Gasteiger partial charge in [-0.2, -0.15) is 0 Å². The number of aliphatic hydroxyl groups is 2. The van der Waals surface area contributed by atoms with Crippen molar-refractivity contribution in [1.82, 2.24) is 14.9 Å². The Morgan fingerprint density at radius 2 is 2.00 bits per heavy atom. The molecule has 7 N–H and O–H groups in total. The number of nitrogen functional groups attached to an aromatic ring is 1. The smallest absolute Gasteiger partial charge is 0.271 e. The molecule has 4 atom stereocenters. The normalized spacial score (nSPS) is 26.0. The second kappa shape index (κ2) is 7.19. The van der Waals surface area contributed by atoms with E-state index in [4.69, 9.17) is 16.2 Å². The largest absolute Gasteiger partial charge is 0.387 e. The summed E-state index contributed by atoms with van der Waals surface area (Å²) in [4.78, 5) is 15.1. The fraction of sp³-hybridized carbons (Fsp3) is 0.375. The van der Waals surface area contributed by atoms with Gasteiger partial charge in [0.25, 0.3) is 5.91 Å². The van der Waals surface area contributed by atoms with Crippen LogP contribution in [0, 0.1) is 0 Å². The van der Waals surface area contributed by atoms with E-state index in [0.717, 1.165) is 5.56 Å². The van der Waals surface area contributed by atoms with Crippen LogP contribution in [0.4, 0.5) is 5.82 Å². The molecule has 1 aromatic heterocycles. The summed E-state index contributed by atoms with van der Waals surface area (Å²) in [6, 6.07) is 9.78. The summed E-state index contributed by atoms with van der Waals surface area (Å²) in [5.41, 5.74) is 12.0. The van der Waals surface area contributed by atoms with Crippen LogP contribution in [-0.2, 0) is 11.3 Å². The molecule has 2 aromatic rings. The lowest BCUT2D eigenvalue weighted by atomic mass is 10.1. The summed E-state index contributed by atoms with van der Waals surface area (Å²) in [5, 5.41) is 23.6. The van der Waals surface area contributed by atoms with E-state index in [1.807, 2.05) is 30.3 Å². The Morgan fingerprint density at radius 1 is 1.28 bits per heavy atom. The van der Waals surface area contributed by atoms with Crippen molar-refractivity contribution in [3.63, 3.8) is 0 Å². The number of ether oxygens (including phenoxy) is 1. The zero-order chi connectivity index (χ0) is 18.0. The molecule has 1 fully saturated rings. The van der Waals surface area contributed by atoms with Crippen molar-refractivity contribution >= 4 is 11.7 Å². The third-order valence-corrected chi connectivity index (χ3v) is 4.19. The second-order valence-electron chi connectivity index (χ2n) is 5.91. The lowest BCUT2D eigenvalue weighted by molar-refractivity contribution is -0.0351. The molecule has 0 bridgehead atoms. The number of carbonyl (C=O) groups is 1. The van der Waals surface area contributed by atoms with E-state index in [2.05, 4.69) is 10.3 Å². The Balaban J connectivity index is 1.64. The van der Waals surface area contributed by atoms with Crippen LogP contribution in [0.3, 0.4) is 0 Å². The summed E-state index contributed by atoms with van der Waals surface area (Å²) < 4.78 is 7.01. The van der Waals surface area contributed by atoms with E-state index < -0.39 is 30.4 Å². The Labute approximate surface area is 144 Å². The molecule has 25 heavy (non-hydrogen) atoms. The minimum absolute atomic E-state index is 0.0124. The van der Waals surface area contributed by atoms with Gasteiger partial charge in [-0.25, -0.2) is 4.98 Å². The lowest BCUT2D eigenvalue weighted by Gasteiger charge is -2.17. The van der Waals surface area contributed by atoms with Gasteiger partial charge in [0.15, 0.2) is 11.9 Å². The van der Waals surface area contributed by atoms with Gasteiger partial charge in [-0.3, -0.25) is 9.36 Å². The number of aliphatic hydroxyl groups excluding tert-OH is 2. The summed E-state index contributed by atoms with van der Waals surface area (Å²) >= 11 is 0. The topological polar surface area (TPSA) is 149 Å². The number of nitrogens with two attached hydrogens (primary N) is 2. The first kappa shape index (κ1) is 17.4. The molecule has 9 heteroatoms. The van der Waals surface area contributed by atoms with E-state index in [9.17, 15) is 15.0 Å². The molecule has 2 heterocycles. The standard InChI is InChI=1S/C16H21N5O4/c17-14-11(15(18)24)20-8-21(14)16-13(23)12(22)10(25-16)7-19-6-9-4-2-1-3-5-9/h1-5,8,10,12-13,16,19,22-23H,6-7,17H2,(H2,18,24)/t10-,12-,13-,16-/m1/s1. The number of nitrogens with zero attached hydrogens (tertiary/aromatic N) is 2. The third-order valence-electron chi connectivity index (χ3n) is 4.19. The summed E-state index contributed by atoms with van der Waals surface area (Å²) in [6.07, 6.45) is -2.63. The highest BCUT2D eigenvalue weighted by atomic mass is 16.6. The number of aromatic nitrogens is 2. The monoisotopic (exact) mass is 347 g/mol. The van der Waals surface area contributed by atoms with Crippen LogP contribution in [-0.4, -0.2) is 50.5 Å². The van der Waals surface area contributed by atoms with E-state index in [0.29, 0.717) is 13.1 Å². The van der Waals surface area contributed by atoms with Gasteiger partial charge in [0.05, 0.1) is 6.33 Å². The number of rotatable bonds is 6. The van der Waals surface area contributed by atoms with Gasteiger partial charge < -0.3 is 31.7 Å². The number of nitrogens with one attached hydrogen (secondary N) is 1. The minimum atomic E-state index is -1.21. The van der Waals surface area contributed by atoms with Crippen LogP contribution >= 0.6 is 0 Å². The number of amides is 1. The number of carbonyl (C=O) groups excluding carboxylic acids is 1. The predicted octanol–water partition coefficient (Wildman–Crippen LogP) is -1.03. The average Bonchev–Trinajstić information content (AvgIpc) is 3.11. The molecule has 1 aliphatic rings. The zero-order valence-electron chi connectivity index (χ0n) is 13.4. The molecule has 0 aliphatic carbocycles. The molecule has 1 aromatic carbocycles. The second-order valence-corrected chi connectivity index (χ2v) is 5.91. The van der Waals surface area contributed by atoms with Gasteiger partial charge >= 0.3 is 0 Å². The lowest BCUT2D eigenvalue weighted by Crippen LogP contribution is -2.37. The van der Waals surface area contributed by atoms with Crippen LogP contribution in [0.15, 0.2) is 36.7 Å². The molecule has 0 radical (unpaired) electrons. The zero-order valence-corrected chi connectivity index (χ0v) is 13.4. The SMILES string of the molecule is NC(=O)c1ncn([C@@H]2O[C@H](CNCc3ccccc3)[C@@H](O)[C@H]2O)c1N. The van der Waals surface area contributed by atoms with Crippen molar-refractivity contribution in [2.24, 2.45) is 5.73 Å². The maximum Gasteiger partial charge on any atom is 0.271 e. The fourth-order valence-electron chi connectivity index (χ4n) is 2.85. The number of hydrogen-bond donors (Lipinski definition) is 5. The molecule has 0 saturated carbocycles. The van der Waals surface area contributed by atoms with Gasteiger partial charge in [-0.15, -0.1) is 0 Å². The number of hydrogen-bond acceptors (Lipinski definition) is 7. The predicted molar refractivity (Wildman–Crippen MR) is 89.2 cm³/mol. The van der Waals surface area contributed by atoms with E-state index in [-0.39, 0.29) is 11.5 Å². The van der Waals surface area contributed by atoms with E-state index >= 15 is 0 Å². The summed E-state index contributed by atoms with van der Waals surface area (Å²) in [7, 11) is 0. The molecular weight excluding hydrogens is 326 g/mol. The first-order chi connectivity index (χ1) is 12.0.